The Hall–Kier alpha value is -1.53. The summed E-state index contributed by atoms with van der Waals surface area (Å²) in [6.07, 6.45) is 1.22. The van der Waals surface area contributed by atoms with E-state index in [1.165, 1.54) is 35.4 Å². The van der Waals surface area contributed by atoms with Crippen molar-refractivity contribution in [2.24, 2.45) is 0 Å². The van der Waals surface area contributed by atoms with Gasteiger partial charge in [-0.15, -0.1) is 0 Å². The van der Waals surface area contributed by atoms with Gasteiger partial charge < -0.3 is 9.64 Å². The average Bonchev–Trinajstić information content (AvgIpc) is 2.36. The van der Waals surface area contributed by atoms with Crippen LogP contribution in [0.25, 0.3) is 0 Å². The highest BCUT2D eigenvalue weighted by Crippen LogP contribution is 2.22. The van der Waals surface area contributed by atoms with E-state index in [9.17, 15) is 13.2 Å². The van der Waals surface area contributed by atoms with Gasteiger partial charge in [0.15, 0.2) is 4.91 Å². The Balaban J connectivity index is 3.32. The molecular weight excluding hydrogens is 302 g/mol. The molecule has 0 spiro atoms. The Morgan fingerprint density at radius 2 is 1.85 bits per heavy atom. The van der Waals surface area contributed by atoms with Gasteiger partial charge in [-0.1, -0.05) is 11.6 Å². The minimum Gasteiger partial charge on any atom is -0.462 e. The first kappa shape index (κ1) is 16.5. The van der Waals surface area contributed by atoms with Crippen molar-refractivity contribution in [1.82, 2.24) is 4.90 Å². The fourth-order valence-corrected chi connectivity index (χ4v) is 2.91. The minimum absolute atomic E-state index is 0.0111. The summed E-state index contributed by atoms with van der Waals surface area (Å²) in [7, 11) is -0.705. The molecule has 1 aromatic carbocycles. The van der Waals surface area contributed by atoms with Gasteiger partial charge >= 0.3 is 5.97 Å². The lowest BCUT2D eigenvalue weighted by Crippen LogP contribution is -2.19. The van der Waals surface area contributed by atoms with E-state index < -0.39 is 20.7 Å². The van der Waals surface area contributed by atoms with Crippen LogP contribution in [-0.2, 0) is 19.4 Å². The molecule has 0 aliphatic carbocycles. The molecule has 0 saturated carbocycles. The maximum Gasteiger partial charge on any atom is 0.351 e. The Morgan fingerprint density at radius 3 is 2.30 bits per heavy atom. The summed E-state index contributed by atoms with van der Waals surface area (Å²) in [6.45, 7) is 1.71. The third-order valence-corrected chi connectivity index (χ3v) is 4.26. The third kappa shape index (κ3) is 3.98. The highest BCUT2D eigenvalue weighted by Gasteiger charge is 2.28. The first-order chi connectivity index (χ1) is 9.28. The molecule has 0 saturated heterocycles. The summed E-state index contributed by atoms with van der Waals surface area (Å²) in [5.74, 6) is -0.879. The molecule has 0 aliphatic heterocycles. The quantitative estimate of drug-likeness (QED) is 0.614. The molecule has 0 atom stereocenters. The molecule has 0 aromatic heterocycles. The molecule has 1 rings (SSSR count). The topological polar surface area (TPSA) is 63.7 Å². The molecule has 20 heavy (non-hydrogen) atoms. The molecule has 0 fully saturated rings. The summed E-state index contributed by atoms with van der Waals surface area (Å²) in [6, 6.07) is 5.60. The number of nitrogens with zero attached hydrogens (tertiary/aromatic N) is 1. The van der Waals surface area contributed by atoms with Crippen molar-refractivity contribution >= 4 is 27.4 Å². The van der Waals surface area contributed by atoms with Crippen LogP contribution in [-0.4, -0.2) is 40.0 Å². The molecule has 0 N–H and O–H groups in total. The fourth-order valence-electron chi connectivity index (χ4n) is 1.41. The zero-order valence-corrected chi connectivity index (χ0v) is 13.0. The van der Waals surface area contributed by atoms with Crippen molar-refractivity contribution in [3.8, 4) is 0 Å². The lowest BCUT2D eigenvalue weighted by Gasteiger charge is -2.12. The van der Waals surface area contributed by atoms with Crippen LogP contribution in [0.2, 0.25) is 5.02 Å². The van der Waals surface area contributed by atoms with Crippen LogP contribution >= 0.6 is 11.6 Å². The van der Waals surface area contributed by atoms with Crippen molar-refractivity contribution in [3.05, 3.63) is 40.4 Å². The number of hydrogen-bond donors (Lipinski definition) is 0. The van der Waals surface area contributed by atoms with Gasteiger partial charge in [0, 0.05) is 25.3 Å². The van der Waals surface area contributed by atoms with E-state index in [-0.39, 0.29) is 11.5 Å². The first-order valence-electron chi connectivity index (χ1n) is 5.85. The molecule has 7 heteroatoms. The predicted octanol–water partition coefficient (Wildman–Crippen LogP) is 2.08. The first-order valence-corrected chi connectivity index (χ1v) is 7.71. The highest BCUT2D eigenvalue weighted by atomic mass is 35.5. The van der Waals surface area contributed by atoms with Gasteiger partial charge in [0.25, 0.3) is 0 Å². The lowest BCUT2D eigenvalue weighted by atomic mass is 10.4. The SMILES string of the molecule is CCOC(=O)C(=CN(C)C)S(=O)(=O)c1ccc(Cl)cc1. The molecule has 5 nitrogen and oxygen atoms in total. The fraction of sp³-hybridized carbons (Fsp3) is 0.308. The van der Waals surface area contributed by atoms with Crippen molar-refractivity contribution in [1.29, 1.82) is 0 Å². The smallest absolute Gasteiger partial charge is 0.351 e. The summed E-state index contributed by atoms with van der Waals surface area (Å²) < 4.78 is 29.7. The average molecular weight is 318 g/mol. The molecule has 0 bridgehead atoms. The van der Waals surface area contributed by atoms with Crippen molar-refractivity contribution in [3.63, 3.8) is 0 Å². The van der Waals surface area contributed by atoms with Gasteiger partial charge in [-0.25, -0.2) is 13.2 Å². The number of carbonyl (C=O) groups excluding carboxylic acids is 1. The Labute approximate surface area is 123 Å². The van der Waals surface area contributed by atoms with Crippen LogP contribution in [0.15, 0.2) is 40.3 Å². The monoisotopic (exact) mass is 317 g/mol. The van der Waals surface area contributed by atoms with E-state index in [2.05, 4.69) is 0 Å². The summed E-state index contributed by atoms with van der Waals surface area (Å²) in [5, 5.41) is 0.415. The molecular formula is C13H16ClNO4S. The Kier molecular flexibility index (Phi) is 5.59. The normalized spacial score (nSPS) is 12.1. The third-order valence-electron chi connectivity index (χ3n) is 2.27. The maximum atomic E-state index is 12.5. The second-order valence-corrected chi connectivity index (χ2v) is 6.49. The number of benzene rings is 1. The van der Waals surface area contributed by atoms with Crippen molar-refractivity contribution < 1.29 is 17.9 Å². The maximum absolute atomic E-state index is 12.5. The Morgan fingerprint density at radius 1 is 1.30 bits per heavy atom. The van der Waals surface area contributed by atoms with Gasteiger partial charge in [0.1, 0.15) is 0 Å². The van der Waals surface area contributed by atoms with E-state index >= 15 is 0 Å². The molecule has 0 radical (unpaired) electrons. The van der Waals surface area contributed by atoms with E-state index in [4.69, 9.17) is 16.3 Å². The van der Waals surface area contributed by atoms with Crippen molar-refractivity contribution in [2.75, 3.05) is 20.7 Å². The number of ether oxygens (including phenoxy) is 1. The van der Waals surface area contributed by atoms with Gasteiger partial charge in [-0.2, -0.15) is 0 Å². The largest absolute Gasteiger partial charge is 0.462 e. The summed E-state index contributed by atoms with van der Waals surface area (Å²) >= 11 is 5.73. The van der Waals surface area contributed by atoms with Crippen LogP contribution < -0.4 is 0 Å². The van der Waals surface area contributed by atoms with E-state index in [1.54, 1.807) is 21.0 Å². The highest BCUT2D eigenvalue weighted by molar-refractivity contribution is 7.96. The number of halogens is 1. The van der Waals surface area contributed by atoms with Crippen molar-refractivity contribution in [2.45, 2.75) is 11.8 Å². The number of esters is 1. The number of rotatable bonds is 5. The summed E-state index contributed by atoms with van der Waals surface area (Å²) in [5.41, 5.74) is 0. The van der Waals surface area contributed by atoms with Crippen LogP contribution in [0.1, 0.15) is 6.92 Å². The second-order valence-electron chi connectivity index (χ2n) is 4.13. The van der Waals surface area contributed by atoms with Gasteiger partial charge in [0.2, 0.25) is 9.84 Å². The molecule has 0 unspecified atom stereocenters. The van der Waals surface area contributed by atoms with Gasteiger partial charge in [0.05, 0.1) is 11.5 Å². The van der Waals surface area contributed by atoms with E-state index in [0.29, 0.717) is 5.02 Å². The zero-order chi connectivity index (χ0) is 15.3. The van der Waals surface area contributed by atoms with Gasteiger partial charge in [-0.3, -0.25) is 0 Å². The molecule has 0 amide bonds. The number of hydrogen-bond acceptors (Lipinski definition) is 5. The Bertz CT molecular complexity index is 606. The zero-order valence-electron chi connectivity index (χ0n) is 11.5. The van der Waals surface area contributed by atoms with Crippen LogP contribution in [0, 0.1) is 0 Å². The lowest BCUT2D eigenvalue weighted by molar-refractivity contribution is -0.137. The molecule has 1 aromatic rings. The summed E-state index contributed by atoms with van der Waals surface area (Å²) in [4.78, 5) is 12.9. The molecule has 0 aliphatic rings. The number of carbonyl (C=O) groups is 1. The van der Waals surface area contributed by atoms with E-state index in [1.807, 2.05) is 0 Å². The predicted molar refractivity (Wildman–Crippen MR) is 77.0 cm³/mol. The van der Waals surface area contributed by atoms with Crippen LogP contribution in [0.3, 0.4) is 0 Å². The van der Waals surface area contributed by atoms with Gasteiger partial charge in [-0.05, 0) is 31.2 Å². The number of sulfone groups is 1. The van der Waals surface area contributed by atoms with E-state index in [0.717, 1.165) is 0 Å². The minimum atomic E-state index is -3.95. The second kappa shape index (κ2) is 6.76. The van der Waals surface area contributed by atoms with Crippen LogP contribution in [0.5, 0.6) is 0 Å². The molecule has 0 heterocycles. The standard InChI is InChI=1S/C13H16ClNO4S/c1-4-19-13(16)12(9-15(2)3)20(17,18)11-7-5-10(14)6-8-11/h5-9H,4H2,1-3H3. The molecule has 110 valence electrons. The van der Waals surface area contributed by atoms with Crippen LogP contribution in [0.4, 0.5) is 0 Å².